The molecule has 2 aromatic carbocycles. The highest BCUT2D eigenvalue weighted by Crippen LogP contribution is 2.40. The second-order valence-corrected chi connectivity index (χ2v) is 5.64. The molecular weight excluding hydrogens is 347 g/mol. The second kappa shape index (κ2) is 6.79. The Hall–Kier alpha value is -3.11. The number of benzene rings is 2. The minimum atomic E-state index is -0.703. The van der Waals surface area contributed by atoms with Crippen molar-refractivity contribution in [3.05, 3.63) is 58.2 Å². The Morgan fingerprint density at radius 3 is 2.88 bits per heavy atom. The van der Waals surface area contributed by atoms with Crippen LogP contribution in [-0.4, -0.2) is 30.1 Å². The van der Waals surface area contributed by atoms with Gasteiger partial charge in [0.2, 0.25) is 0 Å². The average Bonchev–Trinajstić information content (AvgIpc) is 3.09. The molecule has 1 aliphatic rings. The largest absolute Gasteiger partial charge is 0.507 e. The molecule has 126 valence electrons. The highest BCUT2D eigenvalue weighted by molar-refractivity contribution is 6.31. The molecule has 1 aliphatic heterocycles. The van der Waals surface area contributed by atoms with Crippen LogP contribution in [0.5, 0.6) is 5.75 Å². The number of aliphatic imine (C=N–C) groups is 1. The number of carbonyl (C=O) groups is 1. The standard InChI is InChI=1S/C17H12ClFN4O2/c1-20-12-4-5-13(24)15(16(25)23-17-21-6-7-22-17)14(12)10-8-9(18)2-3-11(10)19/h2-5,8,24H,6-7H2,(H2,21,22,23,25). The normalized spacial score (nSPS) is 12.9. The fourth-order valence-corrected chi connectivity index (χ4v) is 2.69. The molecule has 0 aliphatic carbocycles. The molecule has 0 atom stereocenters. The van der Waals surface area contributed by atoms with Gasteiger partial charge in [-0.25, -0.2) is 9.24 Å². The maximum absolute atomic E-state index is 14.3. The van der Waals surface area contributed by atoms with Crippen LogP contribution in [0, 0.1) is 12.4 Å². The maximum atomic E-state index is 14.3. The van der Waals surface area contributed by atoms with Gasteiger partial charge in [0, 0.05) is 22.7 Å². The first-order chi connectivity index (χ1) is 12.0. The van der Waals surface area contributed by atoms with Crippen molar-refractivity contribution in [2.75, 3.05) is 13.1 Å². The predicted molar refractivity (Wildman–Crippen MR) is 92.5 cm³/mol. The number of carbonyl (C=O) groups excluding carboxylic acids is 1. The van der Waals surface area contributed by atoms with E-state index < -0.39 is 11.7 Å². The van der Waals surface area contributed by atoms with E-state index in [0.29, 0.717) is 13.1 Å². The Bertz CT molecular complexity index is 937. The fourth-order valence-electron chi connectivity index (χ4n) is 2.52. The number of hydrogen-bond acceptors (Lipinski definition) is 4. The summed E-state index contributed by atoms with van der Waals surface area (Å²) in [6.45, 7) is 8.41. The van der Waals surface area contributed by atoms with Crippen LogP contribution in [0.15, 0.2) is 35.3 Å². The SMILES string of the molecule is [C-]#[N+]c1ccc(O)c(C(=O)NC2=NCCN2)c1-c1cc(Cl)ccc1F. The molecule has 0 fully saturated rings. The lowest BCUT2D eigenvalue weighted by molar-refractivity contribution is 0.0974. The molecule has 0 spiro atoms. The minimum Gasteiger partial charge on any atom is -0.507 e. The third-order valence-corrected chi connectivity index (χ3v) is 3.85. The summed E-state index contributed by atoms with van der Waals surface area (Å²) in [5, 5.41) is 15.8. The number of phenols is 1. The van der Waals surface area contributed by atoms with Gasteiger partial charge in [0.15, 0.2) is 11.6 Å². The number of halogens is 2. The predicted octanol–water partition coefficient (Wildman–Crippen LogP) is 3.09. The molecule has 0 saturated carbocycles. The first-order valence-electron chi connectivity index (χ1n) is 7.30. The molecular formula is C17H12ClFN4O2. The van der Waals surface area contributed by atoms with Crippen molar-refractivity contribution in [2.45, 2.75) is 0 Å². The van der Waals surface area contributed by atoms with E-state index in [9.17, 15) is 14.3 Å². The summed E-state index contributed by atoms with van der Waals surface area (Å²) in [7, 11) is 0. The molecule has 0 saturated heterocycles. The van der Waals surface area contributed by atoms with Crippen molar-refractivity contribution in [3.8, 4) is 16.9 Å². The lowest BCUT2D eigenvalue weighted by Gasteiger charge is -2.15. The number of hydrogen-bond donors (Lipinski definition) is 3. The summed E-state index contributed by atoms with van der Waals surface area (Å²) in [6.07, 6.45) is 0. The van der Waals surface area contributed by atoms with Crippen LogP contribution in [0.1, 0.15) is 10.4 Å². The molecule has 6 nitrogen and oxygen atoms in total. The Labute approximate surface area is 147 Å². The third kappa shape index (κ3) is 3.25. The number of phenolic OH excluding ortho intramolecular Hbond substituents is 1. The zero-order chi connectivity index (χ0) is 18.0. The van der Waals surface area contributed by atoms with E-state index in [0.717, 1.165) is 6.07 Å². The van der Waals surface area contributed by atoms with E-state index in [1.807, 2.05) is 0 Å². The molecule has 3 N–H and O–H groups in total. The van der Waals surface area contributed by atoms with Gasteiger partial charge >= 0.3 is 0 Å². The Morgan fingerprint density at radius 2 is 2.20 bits per heavy atom. The zero-order valence-corrected chi connectivity index (χ0v) is 13.6. The van der Waals surface area contributed by atoms with Gasteiger partial charge in [0.05, 0.1) is 18.7 Å². The Balaban J connectivity index is 2.19. The first kappa shape index (κ1) is 16.7. The molecule has 8 heteroatoms. The monoisotopic (exact) mass is 358 g/mol. The van der Waals surface area contributed by atoms with Crippen LogP contribution in [0.4, 0.5) is 10.1 Å². The van der Waals surface area contributed by atoms with Crippen LogP contribution < -0.4 is 10.6 Å². The third-order valence-electron chi connectivity index (χ3n) is 3.61. The number of rotatable bonds is 2. The minimum absolute atomic E-state index is 0.0189. The van der Waals surface area contributed by atoms with E-state index in [1.54, 1.807) is 0 Å². The highest BCUT2D eigenvalue weighted by atomic mass is 35.5. The average molecular weight is 359 g/mol. The summed E-state index contributed by atoms with van der Waals surface area (Å²) in [4.78, 5) is 20.0. The van der Waals surface area contributed by atoms with Crippen molar-refractivity contribution >= 4 is 29.2 Å². The van der Waals surface area contributed by atoms with Crippen LogP contribution >= 0.6 is 11.6 Å². The second-order valence-electron chi connectivity index (χ2n) is 5.20. The van der Waals surface area contributed by atoms with Crippen LogP contribution in [0.25, 0.3) is 16.0 Å². The van der Waals surface area contributed by atoms with Gasteiger partial charge in [0.25, 0.3) is 5.91 Å². The molecule has 1 heterocycles. The Morgan fingerprint density at radius 1 is 1.40 bits per heavy atom. The number of aromatic hydroxyl groups is 1. The summed E-state index contributed by atoms with van der Waals surface area (Å²) in [5.74, 6) is -1.48. The summed E-state index contributed by atoms with van der Waals surface area (Å²) >= 11 is 5.94. The Kier molecular flexibility index (Phi) is 4.55. The molecule has 3 rings (SSSR count). The van der Waals surface area contributed by atoms with Gasteiger partial charge < -0.3 is 10.4 Å². The van der Waals surface area contributed by atoms with E-state index in [2.05, 4.69) is 20.5 Å². The van der Waals surface area contributed by atoms with Gasteiger partial charge in [-0.1, -0.05) is 17.7 Å². The molecule has 0 radical (unpaired) electrons. The quantitative estimate of drug-likeness (QED) is 0.722. The maximum Gasteiger partial charge on any atom is 0.261 e. The van der Waals surface area contributed by atoms with Crippen molar-refractivity contribution in [2.24, 2.45) is 4.99 Å². The molecule has 0 bridgehead atoms. The lowest BCUT2D eigenvalue weighted by atomic mass is 9.95. The number of amides is 1. The fraction of sp³-hybridized carbons (Fsp3) is 0.118. The van der Waals surface area contributed by atoms with Gasteiger partial charge in [-0.15, -0.1) is 0 Å². The summed E-state index contributed by atoms with van der Waals surface area (Å²) in [5.41, 5.74) is -0.261. The van der Waals surface area contributed by atoms with Crippen LogP contribution in [-0.2, 0) is 0 Å². The number of nitrogens with one attached hydrogen (secondary N) is 2. The van der Waals surface area contributed by atoms with Crippen molar-refractivity contribution in [1.29, 1.82) is 0 Å². The van der Waals surface area contributed by atoms with Crippen molar-refractivity contribution in [3.63, 3.8) is 0 Å². The lowest BCUT2D eigenvalue weighted by Crippen LogP contribution is -2.38. The van der Waals surface area contributed by atoms with Crippen molar-refractivity contribution in [1.82, 2.24) is 10.6 Å². The molecule has 0 aromatic heterocycles. The first-order valence-corrected chi connectivity index (χ1v) is 7.67. The highest BCUT2D eigenvalue weighted by Gasteiger charge is 2.24. The molecule has 0 unspecified atom stereocenters. The van der Waals surface area contributed by atoms with E-state index in [4.69, 9.17) is 18.2 Å². The number of nitrogens with zero attached hydrogens (tertiary/aromatic N) is 2. The van der Waals surface area contributed by atoms with Gasteiger partial charge in [-0.05, 0) is 24.3 Å². The van der Waals surface area contributed by atoms with Crippen LogP contribution in [0.2, 0.25) is 5.02 Å². The summed E-state index contributed by atoms with van der Waals surface area (Å²) in [6, 6.07) is 6.35. The van der Waals surface area contributed by atoms with E-state index in [-0.39, 0.29) is 39.1 Å². The van der Waals surface area contributed by atoms with Gasteiger partial charge in [-0.3, -0.25) is 15.1 Å². The number of guanidine groups is 1. The van der Waals surface area contributed by atoms with Crippen LogP contribution in [0.3, 0.4) is 0 Å². The molecule has 25 heavy (non-hydrogen) atoms. The molecule has 2 aromatic rings. The van der Waals surface area contributed by atoms with Crippen molar-refractivity contribution < 1.29 is 14.3 Å². The summed E-state index contributed by atoms with van der Waals surface area (Å²) < 4.78 is 14.3. The topological polar surface area (TPSA) is 78.1 Å². The van der Waals surface area contributed by atoms with E-state index in [1.165, 1.54) is 24.3 Å². The van der Waals surface area contributed by atoms with E-state index >= 15 is 0 Å². The zero-order valence-electron chi connectivity index (χ0n) is 12.8. The smallest absolute Gasteiger partial charge is 0.261 e. The molecule has 1 amide bonds. The van der Waals surface area contributed by atoms with Gasteiger partial charge in [0.1, 0.15) is 11.6 Å². The van der Waals surface area contributed by atoms with Gasteiger partial charge in [-0.2, -0.15) is 0 Å².